The molecular weight excluding hydrogens is 573 g/mol. The van der Waals surface area contributed by atoms with Crippen molar-refractivity contribution in [3.8, 4) is 56.8 Å². The molecule has 2 aromatic heterocycles. The Morgan fingerprint density at radius 3 is 2.19 bits per heavy atom. The fourth-order valence-corrected chi connectivity index (χ4v) is 7.17. The van der Waals surface area contributed by atoms with E-state index in [1.165, 1.54) is 44.1 Å². The number of rotatable bonds is 4. The second-order valence-corrected chi connectivity index (χ2v) is 12.1. The fourth-order valence-electron chi connectivity index (χ4n) is 7.17. The van der Waals surface area contributed by atoms with Gasteiger partial charge in [-0.05, 0) is 71.5 Å². The Morgan fingerprint density at radius 1 is 0.553 bits per heavy atom. The van der Waals surface area contributed by atoms with E-state index in [0.29, 0.717) is 11.4 Å². The van der Waals surface area contributed by atoms with Crippen LogP contribution in [-0.2, 0) is 12.8 Å². The topological polar surface area (TPSA) is 54.5 Å². The first-order valence-electron chi connectivity index (χ1n) is 15.9. The molecule has 0 fully saturated rings. The lowest BCUT2D eigenvalue weighted by molar-refractivity contribution is 0.943. The van der Waals surface area contributed by atoms with Crippen LogP contribution in [0.2, 0.25) is 0 Å². The van der Waals surface area contributed by atoms with Crippen molar-refractivity contribution in [1.82, 2.24) is 14.5 Å². The molecule has 0 saturated heterocycles. The molecule has 2 heterocycles. The molecule has 0 bridgehead atoms. The number of benzene rings is 6. The molecule has 4 heteroatoms. The molecule has 1 aliphatic carbocycles. The number of nitriles is 1. The Balaban J connectivity index is 1.27. The SMILES string of the molecule is N#Cc1cccc(-c2cc(-c3ccccc3)nc(-c3cccc(-n4c5ccccc5c5ccc6c(c54)CCc4ccccc4-6)c3)n2)c1. The summed E-state index contributed by atoms with van der Waals surface area (Å²) < 4.78 is 2.43. The summed E-state index contributed by atoms with van der Waals surface area (Å²) in [7, 11) is 0. The number of para-hydroxylation sites is 1. The van der Waals surface area contributed by atoms with Gasteiger partial charge < -0.3 is 4.57 Å². The molecule has 8 aromatic rings. The second kappa shape index (κ2) is 10.9. The lowest BCUT2D eigenvalue weighted by atomic mass is 9.84. The van der Waals surface area contributed by atoms with Gasteiger partial charge in [0.05, 0.1) is 34.1 Å². The smallest absolute Gasteiger partial charge is 0.160 e. The van der Waals surface area contributed by atoms with Gasteiger partial charge in [0, 0.05) is 33.2 Å². The zero-order valence-electron chi connectivity index (χ0n) is 25.6. The summed E-state index contributed by atoms with van der Waals surface area (Å²) in [5.74, 6) is 0.641. The monoisotopic (exact) mass is 600 g/mol. The van der Waals surface area contributed by atoms with Crippen molar-refractivity contribution in [3.05, 3.63) is 162 Å². The van der Waals surface area contributed by atoms with Crippen molar-refractivity contribution in [2.75, 3.05) is 0 Å². The summed E-state index contributed by atoms with van der Waals surface area (Å²) in [5, 5.41) is 12.1. The van der Waals surface area contributed by atoms with Gasteiger partial charge in [-0.15, -0.1) is 0 Å². The Bertz CT molecular complexity index is 2540. The van der Waals surface area contributed by atoms with E-state index in [4.69, 9.17) is 9.97 Å². The van der Waals surface area contributed by atoms with E-state index < -0.39 is 0 Å². The van der Waals surface area contributed by atoms with Crippen LogP contribution in [0.5, 0.6) is 0 Å². The van der Waals surface area contributed by atoms with Crippen LogP contribution in [0, 0.1) is 11.3 Å². The van der Waals surface area contributed by atoms with Gasteiger partial charge in [-0.1, -0.05) is 109 Å². The van der Waals surface area contributed by atoms with Gasteiger partial charge in [0.25, 0.3) is 0 Å². The van der Waals surface area contributed by atoms with Gasteiger partial charge in [0.2, 0.25) is 0 Å². The van der Waals surface area contributed by atoms with Gasteiger partial charge in [0.1, 0.15) is 0 Å². The van der Waals surface area contributed by atoms with Crippen LogP contribution in [-0.4, -0.2) is 14.5 Å². The maximum absolute atomic E-state index is 9.58. The van der Waals surface area contributed by atoms with Crippen LogP contribution in [0.3, 0.4) is 0 Å². The van der Waals surface area contributed by atoms with Gasteiger partial charge in [-0.2, -0.15) is 5.26 Å². The Labute approximate surface area is 272 Å². The molecule has 0 aliphatic heterocycles. The number of fused-ring (bicyclic) bond motifs is 7. The molecule has 0 amide bonds. The van der Waals surface area contributed by atoms with Crippen LogP contribution in [0.1, 0.15) is 16.7 Å². The molecule has 4 nitrogen and oxygen atoms in total. The van der Waals surface area contributed by atoms with E-state index in [-0.39, 0.29) is 0 Å². The van der Waals surface area contributed by atoms with Crippen LogP contribution in [0.15, 0.2) is 146 Å². The minimum absolute atomic E-state index is 0.600. The molecule has 6 aromatic carbocycles. The normalized spacial score (nSPS) is 12.1. The number of nitrogens with zero attached hydrogens (tertiary/aromatic N) is 4. The molecule has 0 atom stereocenters. The molecule has 0 N–H and O–H groups in total. The molecule has 0 saturated carbocycles. The van der Waals surface area contributed by atoms with Crippen molar-refractivity contribution >= 4 is 21.8 Å². The van der Waals surface area contributed by atoms with Gasteiger partial charge in [-0.3, -0.25) is 0 Å². The first kappa shape index (κ1) is 27.0. The highest BCUT2D eigenvalue weighted by Crippen LogP contribution is 2.42. The molecule has 0 spiro atoms. The Hall–Kier alpha value is -6.31. The number of aryl methyl sites for hydroxylation is 2. The molecule has 0 unspecified atom stereocenters. The number of hydrogen-bond donors (Lipinski definition) is 0. The zero-order valence-corrected chi connectivity index (χ0v) is 25.6. The van der Waals surface area contributed by atoms with E-state index in [1.54, 1.807) is 0 Å². The summed E-state index contributed by atoms with van der Waals surface area (Å²) in [5.41, 5.74) is 14.0. The van der Waals surface area contributed by atoms with E-state index in [2.05, 4.69) is 108 Å². The largest absolute Gasteiger partial charge is 0.309 e. The first-order chi connectivity index (χ1) is 23.2. The van der Waals surface area contributed by atoms with Gasteiger partial charge in [-0.25, -0.2) is 9.97 Å². The summed E-state index contributed by atoms with van der Waals surface area (Å²) in [6, 6.07) is 52.8. The average Bonchev–Trinajstić information content (AvgIpc) is 3.50. The van der Waals surface area contributed by atoms with Crippen LogP contribution < -0.4 is 0 Å². The Kier molecular flexibility index (Phi) is 6.29. The quantitative estimate of drug-likeness (QED) is 0.202. The minimum Gasteiger partial charge on any atom is -0.309 e. The maximum Gasteiger partial charge on any atom is 0.160 e. The Morgan fingerprint density at radius 2 is 1.30 bits per heavy atom. The van der Waals surface area contributed by atoms with Crippen molar-refractivity contribution in [2.24, 2.45) is 0 Å². The third-order valence-electron chi connectivity index (χ3n) is 9.34. The molecular formula is C43H28N4. The molecule has 0 radical (unpaired) electrons. The van der Waals surface area contributed by atoms with Crippen LogP contribution >= 0.6 is 0 Å². The minimum atomic E-state index is 0.600. The maximum atomic E-state index is 9.58. The molecule has 1 aliphatic rings. The summed E-state index contributed by atoms with van der Waals surface area (Å²) in [4.78, 5) is 10.2. The highest BCUT2D eigenvalue weighted by Gasteiger charge is 2.23. The number of aromatic nitrogens is 3. The molecule has 220 valence electrons. The van der Waals surface area contributed by atoms with E-state index in [1.807, 2.05) is 48.5 Å². The van der Waals surface area contributed by atoms with Gasteiger partial charge in [0.15, 0.2) is 5.82 Å². The second-order valence-electron chi connectivity index (χ2n) is 12.1. The zero-order chi connectivity index (χ0) is 31.3. The summed E-state index contributed by atoms with van der Waals surface area (Å²) >= 11 is 0. The summed E-state index contributed by atoms with van der Waals surface area (Å²) in [6.45, 7) is 0. The number of hydrogen-bond acceptors (Lipinski definition) is 3. The van der Waals surface area contributed by atoms with Crippen LogP contribution in [0.4, 0.5) is 0 Å². The van der Waals surface area contributed by atoms with Crippen molar-refractivity contribution in [1.29, 1.82) is 5.26 Å². The van der Waals surface area contributed by atoms with Crippen LogP contribution in [0.25, 0.3) is 72.5 Å². The third kappa shape index (κ3) is 4.52. The van der Waals surface area contributed by atoms with E-state index >= 15 is 0 Å². The highest BCUT2D eigenvalue weighted by atomic mass is 15.0. The highest BCUT2D eigenvalue weighted by molar-refractivity contribution is 6.12. The first-order valence-corrected chi connectivity index (χ1v) is 15.9. The third-order valence-corrected chi connectivity index (χ3v) is 9.34. The predicted molar refractivity (Wildman–Crippen MR) is 190 cm³/mol. The van der Waals surface area contributed by atoms with Crippen molar-refractivity contribution in [2.45, 2.75) is 12.8 Å². The van der Waals surface area contributed by atoms with Crippen molar-refractivity contribution in [3.63, 3.8) is 0 Å². The van der Waals surface area contributed by atoms with Crippen molar-refractivity contribution < 1.29 is 0 Å². The molecule has 47 heavy (non-hydrogen) atoms. The van der Waals surface area contributed by atoms with E-state index in [0.717, 1.165) is 46.6 Å². The lowest BCUT2D eigenvalue weighted by Gasteiger charge is -2.22. The average molecular weight is 601 g/mol. The standard InChI is InChI=1S/C43H28N4/c44-27-28-10-8-14-31(24-28)40-26-39(30-12-2-1-3-13-30)45-43(46-40)32-15-9-16-33(25-32)47-41-19-7-6-18-36(41)38-23-22-35-34-17-5-4-11-29(34)20-21-37(35)42(38)47/h1-19,22-26H,20-21H2. The fraction of sp³-hybridized carbons (Fsp3) is 0.0465. The lowest BCUT2D eigenvalue weighted by Crippen LogP contribution is -2.06. The van der Waals surface area contributed by atoms with E-state index in [9.17, 15) is 5.26 Å². The predicted octanol–water partition coefficient (Wildman–Crippen LogP) is 10.2. The molecule has 9 rings (SSSR count). The van der Waals surface area contributed by atoms with Gasteiger partial charge >= 0.3 is 0 Å². The summed E-state index contributed by atoms with van der Waals surface area (Å²) in [6.07, 6.45) is 2.02.